The minimum absolute atomic E-state index is 0.0311. The van der Waals surface area contributed by atoms with Crippen LogP contribution in [0.25, 0.3) is 0 Å². The highest BCUT2D eigenvalue weighted by molar-refractivity contribution is 9.10. The zero-order valence-electron chi connectivity index (χ0n) is 11.1. The molecule has 0 saturated carbocycles. The molecule has 0 aliphatic carbocycles. The fourth-order valence-electron chi connectivity index (χ4n) is 1.56. The first-order valence-corrected chi connectivity index (χ1v) is 6.64. The summed E-state index contributed by atoms with van der Waals surface area (Å²) < 4.78 is 5.87. The minimum Gasteiger partial charge on any atom is -0.484 e. The predicted molar refractivity (Wildman–Crippen MR) is 76.0 cm³/mol. The van der Waals surface area contributed by atoms with Gasteiger partial charge in [-0.1, -0.05) is 22.9 Å². The average molecular weight is 347 g/mol. The molecule has 0 radical (unpaired) electrons. The molecule has 0 aliphatic rings. The molecular formula is C12H15BrN2O5. The summed E-state index contributed by atoms with van der Waals surface area (Å²) in [6, 6.07) is 4.32. The molecule has 0 amide bonds. The van der Waals surface area contributed by atoms with Gasteiger partial charge >= 0.3 is 11.7 Å². The number of halogens is 1. The Kier molecular flexibility index (Phi) is 5.46. The van der Waals surface area contributed by atoms with Crippen LogP contribution in [0.5, 0.6) is 5.75 Å². The van der Waals surface area contributed by atoms with Crippen molar-refractivity contribution in [3.05, 3.63) is 32.8 Å². The topological polar surface area (TPSA) is 102 Å². The van der Waals surface area contributed by atoms with E-state index >= 15 is 0 Å². The lowest BCUT2D eigenvalue weighted by molar-refractivity contribution is -0.386. The molecule has 1 atom stereocenters. The number of carboxylic acid groups (broad SMARTS) is 1. The summed E-state index contributed by atoms with van der Waals surface area (Å²) >= 11 is 3.14. The van der Waals surface area contributed by atoms with Crippen LogP contribution < -0.4 is 10.1 Å². The van der Waals surface area contributed by atoms with Gasteiger partial charge in [-0.05, 0) is 25.6 Å². The number of ether oxygens (including phenoxy) is 1. The second kappa shape index (κ2) is 6.67. The van der Waals surface area contributed by atoms with Gasteiger partial charge in [-0.15, -0.1) is 0 Å². The largest absolute Gasteiger partial charge is 0.484 e. The quantitative estimate of drug-likeness (QED) is 0.579. The van der Waals surface area contributed by atoms with E-state index in [1.54, 1.807) is 13.0 Å². The number of likely N-dealkylation sites (N-methyl/N-ethyl adjacent to an activating group) is 1. The molecule has 20 heavy (non-hydrogen) atoms. The molecule has 0 fully saturated rings. The molecule has 1 aromatic rings. The van der Waals surface area contributed by atoms with Crippen molar-refractivity contribution in [2.45, 2.75) is 19.4 Å². The van der Waals surface area contributed by atoms with Crippen molar-refractivity contribution in [1.29, 1.82) is 0 Å². The van der Waals surface area contributed by atoms with Crippen molar-refractivity contribution in [3.63, 3.8) is 0 Å². The van der Waals surface area contributed by atoms with Crippen LogP contribution in [0.1, 0.15) is 13.8 Å². The molecule has 8 heteroatoms. The number of nitrogens with zero attached hydrogens (tertiary/aromatic N) is 1. The molecule has 0 saturated heterocycles. The zero-order valence-corrected chi connectivity index (χ0v) is 12.6. The van der Waals surface area contributed by atoms with Crippen LogP contribution in [0.2, 0.25) is 0 Å². The van der Waals surface area contributed by atoms with Crippen molar-refractivity contribution in [2.24, 2.45) is 0 Å². The van der Waals surface area contributed by atoms with E-state index in [2.05, 4.69) is 21.2 Å². The number of nitrogens with one attached hydrogen (secondary N) is 1. The summed E-state index contributed by atoms with van der Waals surface area (Å²) in [6.07, 6.45) is 0. The molecule has 7 nitrogen and oxygen atoms in total. The molecular weight excluding hydrogens is 332 g/mol. The maximum absolute atomic E-state index is 11.2. The Morgan fingerprint density at radius 1 is 1.60 bits per heavy atom. The van der Waals surface area contributed by atoms with E-state index in [4.69, 9.17) is 4.74 Å². The third kappa shape index (κ3) is 3.91. The summed E-state index contributed by atoms with van der Waals surface area (Å²) in [7, 11) is 0. The second-order valence-electron chi connectivity index (χ2n) is 4.33. The van der Waals surface area contributed by atoms with Gasteiger partial charge in [0.25, 0.3) is 0 Å². The molecule has 2 N–H and O–H groups in total. The smallest absolute Gasteiger partial charge is 0.327 e. The molecule has 0 aliphatic heterocycles. The fourth-order valence-corrected chi connectivity index (χ4v) is 1.90. The molecule has 1 rings (SSSR count). The summed E-state index contributed by atoms with van der Waals surface area (Å²) in [6.45, 7) is 3.44. The van der Waals surface area contributed by atoms with Gasteiger partial charge in [0, 0.05) is 10.5 Å². The van der Waals surface area contributed by atoms with Crippen LogP contribution in [-0.4, -0.2) is 34.7 Å². The highest BCUT2D eigenvalue weighted by atomic mass is 79.9. The van der Waals surface area contributed by atoms with Gasteiger partial charge in [0.1, 0.15) is 12.1 Å². The molecule has 0 heterocycles. The van der Waals surface area contributed by atoms with Crippen LogP contribution in [0.3, 0.4) is 0 Å². The van der Waals surface area contributed by atoms with E-state index in [0.717, 1.165) is 0 Å². The van der Waals surface area contributed by atoms with E-state index in [0.29, 0.717) is 11.0 Å². The first-order chi connectivity index (χ1) is 9.30. The standard InChI is InChI=1S/C12H15BrN2O5/c1-3-14-12(2,11(16)17)7-20-10-5-4-8(13)6-9(10)15(18)19/h4-6,14H,3,7H2,1-2H3,(H,16,17). The fraction of sp³-hybridized carbons (Fsp3) is 0.417. The lowest BCUT2D eigenvalue weighted by Gasteiger charge is -2.25. The molecule has 0 spiro atoms. The first-order valence-electron chi connectivity index (χ1n) is 5.85. The lowest BCUT2D eigenvalue weighted by Crippen LogP contribution is -2.53. The van der Waals surface area contributed by atoms with Crippen molar-refractivity contribution in [1.82, 2.24) is 5.32 Å². The van der Waals surface area contributed by atoms with Gasteiger partial charge in [-0.25, -0.2) is 0 Å². The van der Waals surface area contributed by atoms with Crippen LogP contribution >= 0.6 is 15.9 Å². The van der Waals surface area contributed by atoms with Crippen LogP contribution in [0.15, 0.2) is 22.7 Å². The number of hydrogen-bond donors (Lipinski definition) is 2. The van der Waals surface area contributed by atoms with E-state index < -0.39 is 16.4 Å². The molecule has 0 aromatic heterocycles. The Morgan fingerprint density at radius 3 is 2.75 bits per heavy atom. The number of hydrogen-bond acceptors (Lipinski definition) is 5. The maximum atomic E-state index is 11.2. The van der Waals surface area contributed by atoms with Crippen molar-refractivity contribution >= 4 is 27.6 Å². The molecule has 110 valence electrons. The lowest BCUT2D eigenvalue weighted by atomic mass is 10.0. The monoisotopic (exact) mass is 346 g/mol. The van der Waals surface area contributed by atoms with Gasteiger partial charge in [0.15, 0.2) is 5.75 Å². The molecule has 1 unspecified atom stereocenters. The SMILES string of the molecule is CCNC(C)(COc1ccc(Br)cc1[N+](=O)[O-])C(=O)O. The number of carboxylic acids is 1. The molecule has 0 bridgehead atoms. The van der Waals surface area contributed by atoms with Crippen LogP contribution in [0, 0.1) is 10.1 Å². The van der Waals surface area contributed by atoms with Crippen molar-refractivity contribution < 1.29 is 19.6 Å². The number of nitro benzene ring substituents is 1. The predicted octanol–water partition coefficient (Wildman–Crippen LogP) is 2.19. The number of aliphatic carboxylic acids is 1. The summed E-state index contributed by atoms with van der Waals surface area (Å²) in [5, 5.41) is 22.9. The van der Waals surface area contributed by atoms with Gasteiger partial charge in [-0.2, -0.15) is 0 Å². The Morgan fingerprint density at radius 2 is 2.25 bits per heavy atom. The Bertz CT molecular complexity index is 523. The van der Waals surface area contributed by atoms with Gasteiger partial charge < -0.3 is 9.84 Å². The van der Waals surface area contributed by atoms with Crippen molar-refractivity contribution in [2.75, 3.05) is 13.2 Å². The third-order valence-electron chi connectivity index (χ3n) is 2.67. The van der Waals surface area contributed by atoms with Crippen LogP contribution in [-0.2, 0) is 4.79 Å². The normalized spacial score (nSPS) is 13.6. The highest BCUT2D eigenvalue weighted by Gasteiger charge is 2.34. The minimum atomic E-state index is -1.31. The number of benzene rings is 1. The first kappa shape index (κ1) is 16.4. The van der Waals surface area contributed by atoms with Gasteiger partial charge in [-0.3, -0.25) is 20.2 Å². The van der Waals surface area contributed by atoms with Gasteiger partial charge in [0.2, 0.25) is 0 Å². The summed E-state index contributed by atoms with van der Waals surface area (Å²) in [5.74, 6) is -1.05. The van der Waals surface area contributed by atoms with Crippen molar-refractivity contribution in [3.8, 4) is 5.75 Å². The highest BCUT2D eigenvalue weighted by Crippen LogP contribution is 2.30. The van der Waals surface area contributed by atoms with E-state index in [9.17, 15) is 20.0 Å². The third-order valence-corrected chi connectivity index (χ3v) is 3.17. The van der Waals surface area contributed by atoms with Gasteiger partial charge in [0.05, 0.1) is 4.92 Å². The Hall–Kier alpha value is -1.67. The zero-order chi connectivity index (χ0) is 15.3. The number of nitro groups is 1. The van der Waals surface area contributed by atoms with E-state index in [-0.39, 0.29) is 18.0 Å². The average Bonchev–Trinajstić information content (AvgIpc) is 2.37. The second-order valence-corrected chi connectivity index (χ2v) is 5.24. The summed E-state index contributed by atoms with van der Waals surface area (Å²) in [4.78, 5) is 21.6. The maximum Gasteiger partial charge on any atom is 0.327 e. The molecule has 1 aromatic carbocycles. The Balaban J connectivity index is 2.94. The van der Waals surface area contributed by atoms with E-state index in [1.807, 2.05) is 0 Å². The summed E-state index contributed by atoms with van der Waals surface area (Å²) in [5.41, 5.74) is -1.53. The van der Waals surface area contributed by atoms with Crippen LogP contribution in [0.4, 0.5) is 5.69 Å². The van der Waals surface area contributed by atoms with E-state index in [1.165, 1.54) is 19.1 Å². The number of rotatable bonds is 7. The number of carbonyl (C=O) groups is 1. The Labute approximate surface area is 124 Å².